The fourth-order valence-corrected chi connectivity index (χ4v) is 1.99. The Labute approximate surface area is 109 Å². The first kappa shape index (κ1) is 13.4. The number of hydrogen-bond donors (Lipinski definition) is 1. The first-order valence-electron chi connectivity index (χ1n) is 6.72. The predicted molar refractivity (Wildman–Crippen MR) is 72.8 cm³/mol. The molecule has 100 valence electrons. The lowest BCUT2D eigenvalue weighted by atomic mass is 10.0. The third-order valence-electron chi connectivity index (χ3n) is 3.42. The molecule has 3 nitrogen and oxygen atoms in total. The van der Waals surface area contributed by atoms with Crippen LogP contribution in [0.4, 0.5) is 0 Å². The van der Waals surface area contributed by atoms with E-state index in [1.54, 1.807) is 7.11 Å². The summed E-state index contributed by atoms with van der Waals surface area (Å²) < 4.78 is 10.9. The Morgan fingerprint density at radius 2 is 2.00 bits per heavy atom. The van der Waals surface area contributed by atoms with Crippen molar-refractivity contribution in [1.82, 2.24) is 0 Å². The highest BCUT2D eigenvalue weighted by Crippen LogP contribution is 2.29. The zero-order chi connectivity index (χ0) is 12.8. The molecule has 1 fully saturated rings. The van der Waals surface area contributed by atoms with Crippen molar-refractivity contribution in [1.29, 1.82) is 0 Å². The van der Waals surface area contributed by atoms with Crippen molar-refractivity contribution in [3.63, 3.8) is 0 Å². The molecule has 0 radical (unpaired) electrons. The molecule has 0 saturated heterocycles. The lowest BCUT2D eigenvalue weighted by molar-refractivity contribution is 0.0934. The second-order valence-electron chi connectivity index (χ2n) is 5.13. The van der Waals surface area contributed by atoms with Gasteiger partial charge in [0, 0.05) is 6.61 Å². The van der Waals surface area contributed by atoms with E-state index in [1.807, 2.05) is 12.1 Å². The number of ether oxygens (including phenoxy) is 2. The summed E-state index contributed by atoms with van der Waals surface area (Å²) in [5.41, 5.74) is 7.10. The van der Waals surface area contributed by atoms with Crippen LogP contribution in [0.2, 0.25) is 0 Å². The van der Waals surface area contributed by atoms with E-state index in [9.17, 15) is 0 Å². The van der Waals surface area contributed by atoms with Crippen molar-refractivity contribution in [2.45, 2.75) is 19.3 Å². The molecule has 0 spiro atoms. The van der Waals surface area contributed by atoms with Gasteiger partial charge in [0.2, 0.25) is 0 Å². The first-order chi connectivity index (χ1) is 8.81. The number of rotatable bonds is 8. The summed E-state index contributed by atoms with van der Waals surface area (Å²) >= 11 is 0. The second-order valence-corrected chi connectivity index (χ2v) is 5.13. The normalized spacial score (nSPS) is 16.6. The Kier molecular flexibility index (Phi) is 5.02. The van der Waals surface area contributed by atoms with Gasteiger partial charge in [0.25, 0.3) is 0 Å². The topological polar surface area (TPSA) is 44.5 Å². The van der Waals surface area contributed by atoms with E-state index in [-0.39, 0.29) is 0 Å². The van der Waals surface area contributed by atoms with Gasteiger partial charge < -0.3 is 15.2 Å². The minimum atomic E-state index is 0.414. The molecule has 3 heteroatoms. The van der Waals surface area contributed by atoms with Crippen LogP contribution in [0.3, 0.4) is 0 Å². The summed E-state index contributed by atoms with van der Waals surface area (Å²) in [6.07, 6.45) is 3.66. The minimum absolute atomic E-state index is 0.414. The monoisotopic (exact) mass is 249 g/mol. The molecule has 0 aliphatic heterocycles. The Morgan fingerprint density at radius 1 is 1.28 bits per heavy atom. The molecule has 1 aromatic carbocycles. The molecule has 2 rings (SSSR count). The van der Waals surface area contributed by atoms with Crippen LogP contribution in [0.1, 0.15) is 18.4 Å². The zero-order valence-corrected chi connectivity index (χ0v) is 11.1. The van der Waals surface area contributed by atoms with Gasteiger partial charge >= 0.3 is 0 Å². The smallest absolute Gasteiger partial charge is 0.118 e. The molecular weight excluding hydrogens is 226 g/mol. The molecule has 18 heavy (non-hydrogen) atoms. The van der Waals surface area contributed by atoms with Crippen LogP contribution in [0.5, 0.6) is 5.75 Å². The molecule has 0 amide bonds. The largest absolute Gasteiger partial charge is 0.497 e. The lowest BCUT2D eigenvalue weighted by Crippen LogP contribution is -2.22. The van der Waals surface area contributed by atoms with E-state index in [0.29, 0.717) is 12.5 Å². The van der Waals surface area contributed by atoms with Gasteiger partial charge in [0.1, 0.15) is 5.75 Å². The summed E-state index contributed by atoms with van der Waals surface area (Å²) in [7, 11) is 1.68. The Balaban J connectivity index is 1.76. The third-order valence-corrected chi connectivity index (χ3v) is 3.42. The average Bonchev–Trinajstić information content (AvgIpc) is 3.22. The van der Waals surface area contributed by atoms with Gasteiger partial charge in [-0.1, -0.05) is 12.1 Å². The van der Waals surface area contributed by atoms with Gasteiger partial charge in [-0.3, -0.25) is 0 Å². The molecular formula is C15H23NO2. The summed E-state index contributed by atoms with van der Waals surface area (Å²) in [5.74, 6) is 2.13. The van der Waals surface area contributed by atoms with Crippen LogP contribution in [0, 0.1) is 11.8 Å². The Bertz CT molecular complexity index is 346. The van der Waals surface area contributed by atoms with Crippen molar-refractivity contribution < 1.29 is 9.47 Å². The standard InChI is InChI=1S/C15H23NO2/c1-17-15-6-4-12(5-7-15)8-14(9-16)11-18-10-13-2-3-13/h4-7,13-14H,2-3,8-11,16H2,1H3. The molecule has 1 saturated carbocycles. The van der Waals surface area contributed by atoms with E-state index >= 15 is 0 Å². The molecule has 1 atom stereocenters. The maximum atomic E-state index is 5.80. The Hall–Kier alpha value is -1.06. The molecule has 0 heterocycles. The van der Waals surface area contributed by atoms with E-state index < -0.39 is 0 Å². The van der Waals surface area contributed by atoms with Gasteiger partial charge in [-0.25, -0.2) is 0 Å². The fraction of sp³-hybridized carbons (Fsp3) is 0.600. The molecule has 2 N–H and O–H groups in total. The average molecular weight is 249 g/mol. The molecule has 0 bridgehead atoms. The van der Waals surface area contributed by atoms with E-state index in [4.69, 9.17) is 15.2 Å². The summed E-state index contributed by atoms with van der Waals surface area (Å²) in [5, 5.41) is 0. The van der Waals surface area contributed by atoms with Crippen LogP contribution in [-0.4, -0.2) is 26.9 Å². The van der Waals surface area contributed by atoms with E-state index in [1.165, 1.54) is 18.4 Å². The highest BCUT2D eigenvalue weighted by molar-refractivity contribution is 5.27. The SMILES string of the molecule is COc1ccc(CC(CN)COCC2CC2)cc1. The molecule has 1 aliphatic carbocycles. The summed E-state index contributed by atoms with van der Waals surface area (Å²) in [4.78, 5) is 0. The summed E-state index contributed by atoms with van der Waals surface area (Å²) in [6.45, 7) is 2.37. The number of methoxy groups -OCH3 is 1. The highest BCUT2D eigenvalue weighted by atomic mass is 16.5. The zero-order valence-electron chi connectivity index (χ0n) is 11.1. The van der Waals surface area contributed by atoms with E-state index in [2.05, 4.69) is 12.1 Å². The number of benzene rings is 1. The highest BCUT2D eigenvalue weighted by Gasteiger charge is 2.21. The van der Waals surface area contributed by atoms with Gasteiger partial charge in [0.05, 0.1) is 13.7 Å². The second kappa shape index (κ2) is 6.76. The fourth-order valence-electron chi connectivity index (χ4n) is 1.99. The van der Waals surface area contributed by atoms with Crippen LogP contribution in [0.15, 0.2) is 24.3 Å². The van der Waals surface area contributed by atoms with Crippen LogP contribution >= 0.6 is 0 Å². The van der Waals surface area contributed by atoms with Crippen molar-refractivity contribution >= 4 is 0 Å². The maximum absolute atomic E-state index is 5.80. The first-order valence-corrected chi connectivity index (χ1v) is 6.72. The van der Waals surface area contributed by atoms with Crippen LogP contribution in [0.25, 0.3) is 0 Å². The maximum Gasteiger partial charge on any atom is 0.118 e. The van der Waals surface area contributed by atoms with Crippen molar-refractivity contribution in [3.05, 3.63) is 29.8 Å². The molecule has 0 aromatic heterocycles. The molecule has 1 unspecified atom stereocenters. The molecule has 1 aliphatic rings. The van der Waals surface area contributed by atoms with Crippen LogP contribution in [-0.2, 0) is 11.2 Å². The Morgan fingerprint density at radius 3 is 2.56 bits per heavy atom. The lowest BCUT2D eigenvalue weighted by Gasteiger charge is -2.15. The van der Waals surface area contributed by atoms with E-state index in [0.717, 1.165) is 31.3 Å². The van der Waals surface area contributed by atoms with Gasteiger partial charge in [-0.15, -0.1) is 0 Å². The predicted octanol–water partition coefficient (Wildman–Crippen LogP) is 2.24. The van der Waals surface area contributed by atoms with Crippen molar-refractivity contribution in [2.24, 2.45) is 17.6 Å². The van der Waals surface area contributed by atoms with Gasteiger partial charge in [0.15, 0.2) is 0 Å². The van der Waals surface area contributed by atoms with Gasteiger partial charge in [-0.05, 0) is 55.3 Å². The van der Waals surface area contributed by atoms with Crippen LogP contribution < -0.4 is 10.5 Å². The van der Waals surface area contributed by atoms with Gasteiger partial charge in [-0.2, -0.15) is 0 Å². The molecule has 1 aromatic rings. The quantitative estimate of drug-likeness (QED) is 0.768. The minimum Gasteiger partial charge on any atom is -0.497 e. The van der Waals surface area contributed by atoms with Crippen molar-refractivity contribution in [2.75, 3.05) is 26.9 Å². The number of nitrogens with two attached hydrogens (primary N) is 1. The summed E-state index contributed by atoms with van der Waals surface area (Å²) in [6, 6.07) is 8.19. The third kappa shape index (κ3) is 4.31. The van der Waals surface area contributed by atoms with Crippen molar-refractivity contribution in [3.8, 4) is 5.75 Å². The number of hydrogen-bond acceptors (Lipinski definition) is 3.